The highest BCUT2D eigenvalue weighted by atomic mass is 35.7. The molecule has 0 fully saturated rings. The van der Waals surface area contributed by atoms with E-state index in [9.17, 15) is 4.89 Å². The first-order valence-corrected chi connectivity index (χ1v) is 9.82. The number of halogens is 3. The van der Waals surface area contributed by atoms with Gasteiger partial charge in [0.2, 0.25) is 0 Å². The van der Waals surface area contributed by atoms with E-state index in [0.717, 1.165) is 35.1 Å². The van der Waals surface area contributed by atoms with Crippen LogP contribution < -0.4 is 5.30 Å². The van der Waals surface area contributed by atoms with Crippen molar-refractivity contribution < 1.29 is 4.89 Å². The third-order valence-electron chi connectivity index (χ3n) is 3.98. The maximum absolute atomic E-state index is 9.66. The van der Waals surface area contributed by atoms with Crippen LogP contribution in [0.2, 0.25) is 10.0 Å². The van der Waals surface area contributed by atoms with Crippen molar-refractivity contribution in [3.05, 3.63) is 63.1 Å². The van der Waals surface area contributed by atoms with Gasteiger partial charge in [-0.1, -0.05) is 52.6 Å². The molecule has 0 amide bonds. The highest BCUT2D eigenvalue weighted by Gasteiger charge is 2.27. The minimum Gasteiger partial charge on any atom is -0.356 e. The zero-order valence-electron chi connectivity index (χ0n) is 11.9. The van der Waals surface area contributed by atoms with E-state index in [1.165, 1.54) is 0 Å². The molecule has 1 heterocycles. The van der Waals surface area contributed by atoms with E-state index in [1.807, 2.05) is 24.3 Å². The molecule has 2 unspecified atom stereocenters. The summed E-state index contributed by atoms with van der Waals surface area (Å²) in [6.07, 6.45) is 0. The predicted octanol–water partition coefficient (Wildman–Crippen LogP) is 4.74. The lowest BCUT2D eigenvalue weighted by Crippen LogP contribution is -2.31. The predicted molar refractivity (Wildman–Crippen MR) is 95.7 cm³/mol. The van der Waals surface area contributed by atoms with Crippen LogP contribution in [0.4, 0.5) is 0 Å². The number of rotatable bonds is 2. The summed E-state index contributed by atoms with van der Waals surface area (Å²) in [6.45, 7) is 1.68. The Bertz CT molecular complexity index is 708. The van der Waals surface area contributed by atoms with Crippen LogP contribution in [0.3, 0.4) is 0 Å². The van der Waals surface area contributed by atoms with Crippen molar-refractivity contribution in [2.24, 2.45) is 0 Å². The maximum Gasteiger partial charge on any atom is 0.154 e. The highest BCUT2D eigenvalue weighted by molar-refractivity contribution is 7.85. The van der Waals surface area contributed by atoms with E-state index < -0.39 is 7.50 Å². The second-order valence-electron chi connectivity index (χ2n) is 5.56. The van der Waals surface area contributed by atoms with Crippen molar-refractivity contribution in [3.63, 3.8) is 0 Å². The second kappa shape index (κ2) is 6.65. The summed E-state index contributed by atoms with van der Waals surface area (Å²) in [7, 11) is 0.457. The van der Waals surface area contributed by atoms with Crippen LogP contribution in [0.1, 0.15) is 22.6 Å². The van der Waals surface area contributed by atoms with Crippen LogP contribution in [-0.4, -0.2) is 23.4 Å². The van der Waals surface area contributed by atoms with Gasteiger partial charge in [0.1, 0.15) is 0 Å². The van der Waals surface area contributed by atoms with Crippen LogP contribution in [-0.2, 0) is 6.54 Å². The molecule has 6 heteroatoms. The lowest BCUT2D eigenvalue weighted by Gasteiger charge is -2.33. The Morgan fingerprint density at radius 1 is 1.23 bits per heavy atom. The number of hydrogen-bond donors (Lipinski definition) is 1. The zero-order chi connectivity index (χ0) is 15.9. The fraction of sp³-hybridized carbons (Fsp3) is 0.250. The van der Waals surface area contributed by atoms with Gasteiger partial charge in [0.25, 0.3) is 0 Å². The van der Waals surface area contributed by atoms with Gasteiger partial charge in [0.05, 0.1) is 0 Å². The molecular weight excluding hydrogens is 360 g/mol. The average molecular weight is 375 g/mol. The van der Waals surface area contributed by atoms with Crippen molar-refractivity contribution in [2.75, 3.05) is 13.6 Å². The molecule has 0 bridgehead atoms. The molecule has 2 nitrogen and oxygen atoms in total. The van der Waals surface area contributed by atoms with Crippen LogP contribution in [0.5, 0.6) is 0 Å². The molecule has 0 spiro atoms. The van der Waals surface area contributed by atoms with Crippen molar-refractivity contribution >= 4 is 47.2 Å². The van der Waals surface area contributed by atoms with Gasteiger partial charge in [-0.3, -0.25) is 0 Å². The maximum atomic E-state index is 9.66. The van der Waals surface area contributed by atoms with E-state index in [4.69, 9.17) is 34.4 Å². The number of benzene rings is 2. The molecule has 1 N–H and O–H groups in total. The van der Waals surface area contributed by atoms with Crippen LogP contribution in [0, 0.1) is 0 Å². The van der Waals surface area contributed by atoms with E-state index in [-0.39, 0.29) is 5.92 Å². The number of fused-ring (bicyclic) bond motifs is 1. The van der Waals surface area contributed by atoms with Gasteiger partial charge >= 0.3 is 0 Å². The molecule has 0 saturated heterocycles. The summed E-state index contributed by atoms with van der Waals surface area (Å²) in [4.78, 5) is 11.9. The summed E-state index contributed by atoms with van der Waals surface area (Å²) in [5.41, 5.74) is 3.39. The van der Waals surface area contributed by atoms with Gasteiger partial charge in [-0.25, -0.2) is 0 Å². The molecular formula is C16H15Cl3NOP. The molecule has 116 valence electrons. The first kappa shape index (κ1) is 16.5. The van der Waals surface area contributed by atoms with Crippen LogP contribution in [0.15, 0.2) is 36.4 Å². The van der Waals surface area contributed by atoms with E-state index in [2.05, 4.69) is 18.0 Å². The smallest absolute Gasteiger partial charge is 0.154 e. The molecule has 0 radical (unpaired) electrons. The Kier molecular flexibility index (Phi) is 4.99. The summed E-state index contributed by atoms with van der Waals surface area (Å²) >= 11 is 18.4. The van der Waals surface area contributed by atoms with Gasteiger partial charge in [0.15, 0.2) is 7.50 Å². The van der Waals surface area contributed by atoms with Crippen LogP contribution >= 0.6 is 41.9 Å². The topological polar surface area (TPSA) is 23.5 Å². The molecule has 22 heavy (non-hydrogen) atoms. The number of nitrogens with zero attached hydrogens (tertiary/aromatic N) is 1. The van der Waals surface area contributed by atoms with Gasteiger partial charge in [-0.2, -0.15) is 0 Å². The Labute approximate surface area is 146 Å². The summed E-state index contributed by atoms with van der Waals surface area (Å²) < 4.78 is 0. The fourth-order valence-electron chi connectivity index (χ4n) is 2.99. The van der Waals surface area contributed by atoms with Crippen molar-refractivity contribution in [2.45, 2.75) is 12.5 Å². The number of likely N-dealkylation sites (N-methyl/N-ethyl adjacent to an activating group) is 1. The quantitative estimate of drug-likeness (QED) is 0.768. The molecule has 2 atom stereocenters. The highest BCUT2D eigenvalue weighted by Crippen LogP contribution is 2.40. The molecule has 1 aliphatic heterocycles. The van der Waals surface area contributed by atoms with E-state index in [0.29, 0.717) is 10.0 Å². The summed E-state index contributed by atoms with van der Waals surface area (Å²) in [5, 5.41) is 2.12. The molecule has 3 rings (SSSR count). The van der Waals surface area contributed by atoms with Crippen molar-refractivity contribution in [1.82, 2.24) is 4.90 Å². The molecule has 0 saturated carbocycles. The first-order valence-electron chi connectivity index (χ1n) is 6.87. The Balaban J connectivity index is 2.11. The Morgan fingerprint density at radius 2 is 2.00 bits per heavy atom. The van der Waals surface area contributed by atoms with Gasteiger partial charge < -0.3 is 9.79 Å². The molecule has 2 aromatic rings. The fourth-order valence-corrected chi connectivity index (χ4v) is 4.34. The van der Waals surface area contributed by atoms with Gasteiger partial charge in [-0.15, -0.1) is 0 Å². The monoisotopic (exact) mass is 373 g/mol. The minimum absolute atomic E-state index is 0.163. The lowest BCUT2D eigenvalue weighted by molar-refractivity contribution is 0.295. The van der Waals surface area contributed by atoms with E-state index in [1.54, 1.807) is 6.07 Å². The molecule has 0 aliphatic carbocycles. The zero-order valence-corrected chi connectivity index (χ0v) is 15.1. The SMILES string of the molecule is CN1Cc2c(Cl)cc(Cl)cc2C(c2cccc(P(O)Cl)c2)C1. The second-order valence-corrected chi connectivity index (χ2v) is 8.40. The van der Waals surface area contributed by atoms with E-state index >= 15 is 0 Å². The normalized spacial score (nSPS) is 19.8. The van der Waals surface area contributed by atoms with Gasteiger partial charge in [-0.05, 0) is 41.9 Å². The average Bonchev–Trinajstić information content (AvgIpc) is 2.47. The standard InChI is InChI=1S/C16H15Cl3NOP/c1-20-8-14(10-3-2-4-12(5-10)22(19)21)13-6-11(17)7-16(18)15(13)9-20/h2-7,14,21H,8-9H2,1H3. The van der Waals surface area contributed by atoms with Crippen molar-refractivity contribution in [3.8, 4) is 0 Å². The third-order valence-corrected chi connectivity index (χ3v) is 5.82. The largest absolute Gasteiger partial charge is 0.356 e. The molecule has 2 aromatic carbocycles. The number of hydrogen-bond acceptors (Lipinski definition) is 2. The Hall–Kier alpha value is -0.340. The van der Waals surface area contributed by atoms with Crippen molar-refractivity contribution in [1.29, 1.82) is 0 Å². The summed E-state index contributed by atoms with van der Waals surface area (Å²) in [6, 6.07) is 11.6. The Morgan fingerprint density at radius 3 is 2.73 bits per heavy atom. The minimum atomic E-state index is -1.62. The lowest BCUT2D eigenvalue weighted by atomic mass is 9.85. The van der Waals surface area contributed by atoms with Gasteiger partial charge in [0, 0.05) is 34.4 Å². The summed E-state index contributed by atoms with van der Waals surface area (Å²) in [5.74, 6) is 0.163. The molecule has 0 aromatic heterocycles. The van der Waals surface area contributed by atoms with Crippen LogP contribution in [0.25, 0.3) is 0 Å². The molecule has 1 aliphatic rings. The third kappa shape index (κ3) is 3.28. The first-order chi connectivity index (χ1) is 10.5.